The fourth-order valence-corrected chi connectivity index (χ4v) is 3.84. The van der Waals surface area contributed by atoms with Crippen LogP contribution in [-0.2, 0) is 14.3 Å². The number of carbonyl (C=O) groups is 1. The van der Waals surface area contributed by atoms with Gasteiger partial charge in [0.2, 0.25) is 5.91 Å². The molecule has 1 aliphatic heterocycles. The van der Waals surface area contributed by atoms with Crippen LogP contribution in [0.1, 0.15) is 25.7 Å². The molecular formula is C18H38N6O7. The molecule has 182 valence electrons. The number of carbonyl (C=O) groups excluding carboxylic acids is 1. The fraction of sp³-hybridized carbons (Fsp3) is 0.944. The molecule has 2 rings (SSSR count). The maximum absolute atomic E-state index is 12.2. The third-order valence-corrected chi connectivity index (χ3v) is 5.91. The third-order valence-electron chi connectivity index (χ3n) is 5.91. The Balaban J connectivity index is 1.96. The number of aliphatic hydroxyl groups excluding tert-OH is 4. The summed E-state index contributed by atoms with van der Waals surface area (Å²) in [6.45, 7) is 0.360. The molecule has 2 aliphatic rings. The minimum atomic E-state index is -1.43. The number of unbranched alkanes of at least 4 members (excludes halogenated alkanes) is 1. The molecule has 1 saturated carbocycles. The first-order valence-corrected chi connectivity index (χ1v) is 10.6. The molecular weight excluding hydrogens is 412 g/mol. The van der Waals surface area contributed by atoms with Gasteiger partial charge < -0.3 is 63.9 Å². The zero-order valence-corrected chi connectivity index (χ0v) is 17.5. The van der Waals surface area contributed by atoms with E-state index >= 15 is 0 Å². The summed E-state index contributed by atoms with van der Waals surface area (Å²) in [6.07, 6.45) is -6.72. The molecule has 1 amide bonds. The van der Waals surface area contributed by atoms with Crippen molar-refractivity contribution in [2.24, 2.45) is 28.7 Å². The van der Waals surface area contributed by atoms with Gasteiger partial charge in [-0.3, -0.25) is 4.79 Å². The second-order valence-electron chi connectivity index (χ2n) is 8.38. The molecule has 13 heteroatoms. The van der Waals surface area contributed by atoms with Crippen molar-refractivity contribution in [3.05, 3.63) is 0 Å². The first-order valence-electron chi connectivity index (χ1n) is 10.6. The molecule has 0 aromatic rings. The van der Waals surface area contributed by atoms with E-state index in [-0.39, 0.29) is 13.0 Å². The molecule has 11 atom stereocenters. The first-order chi connectivity index (χ1) is 14.6. The molecule has 1 saturated heterocycles. The Hall–Kier alpha value is -0.970. The lowest BCUT2D eigenvalue weighted by atomic mass is 9.84. The van der Waals surface area contributed by atoms with E-state index in [9.17, 15) is 25.2 Å². The number of rotatable bonds is 9. The highest BCUT2D eigenvalue weighted by molar-refractivity contribution is 5.81. The molecule has 2 unspecified atom stereocenters. The van der Waals surface area contributed by atoms with Gasteiger partial charge in [0.05, 0.1) is 18.2 Å². The Labute approximate surface area is 181 Å². The summed E-state index contributed by atoms with van der Waals surface area (Å²) in [5.41, 5.74) is 28.9. The number of hydrogen-bond donors (Lipinski definition) is 10. The summed E-state index contributed by atoms with van der Waals surface area (Å²) < 4.78 is 11.4. The Morgan fingerprint density at radius 3 is 2.35 bits per heavy atom. The summed E-state index contributed by atoms with van der Waals surface area (Å²) in [7, 11) is 0. The molecule has 1 heterocycles. The van der Waals surface area contributed by atoms with E-state index in [1.165, 1.54) is 0 Å². The van der Waals surface area contributed by atoms with Gasteiger partial charge in [-0.25, -0.2) is 0 Å². The van der Waals surface area contributed by atoms with Crippen molar-refractivity contribution in [2.45, 2.75) is 92.8 Å². The maximum atomic E-state index is 12.2. The topological polar surface area (TPSA) is 259 Å². The SMILES string of the molecule is NCCCCC(N)C(=O)NC[C@H]1O[C@H](OC2[C@@H](N)C[C@@H](N)[C@H](O)[C@H]2O)[C@H](N)[C@@H](O)[C@@H]1O. The van der Waals surface area contributed by atoms with Crippen LogP contribution in [0.4, 0.5) is 0 Å². The zero-order valence-electron chi connectivity index (χ0n) is 17.5. The molecule has 31 heavy (non-hydrogen) atoms. The van der Waals surface area contributed by atoms with E-state index in [0.717, 1.165) is 6.42 Å². The van der Waals surface area contributed by atoms with Gasteiger partial charge in [-0.2, -0.15) is 0 Å². The van der Waals surface area contributed by atoms with E-state index in [1.54, 1.807) is 0 Å². The smallest absolute Gasteiger partial charge is 0.237 e. The molecule has 0 bridgehead atoms. The second kappa shape index (κ2) is 11.8. The van der Waals surface area contributed by atoms with Gasteiger partial charge in [-0.05, 0) is 25.8 Å². The van der Waals surface area contributed by atoms with Gasteiger partial charge in [-0.15, -0.1) is 0 Å². The lowest BCUT2D eigenvalue weighted by molar-refractivity contribution is -0.288. The molecule has 0 spiro atoms. The highest BCUT2D eigenvalue weighted by atomic mass is 16.7. The van der Waals surface area contributed by atoms with Crippen LogP contribution in [0.2, 0.25) is 0 Å². The summed E-state index contributed by atoms with van der Waals surface area (Å²) in [4.78, 5) is 12.2. The lowest BCUT2D eigenvalue weighted by Crippen LogP contribution is -2.67. The van der Waals surface area contributed by atoms with Crippen molar-refractivity contribution in [3.8, 4) is 0 Å². The minimum Gasteiger partial charge on any atom is -0.389 e. The Morgan fingerprint density at radius 1 is 1.03 bits per heavy atom. The van der Waals surface area contributed by atoms with Gasteiger partial charge >= 0.3 is 0 Å². The summed E-state index contributed by atoms with van der Waals surface area (Å²) >= 11 is 0. The number of nitrogens with two attached hydrogens (primary N) is 5. The van der Waals surface area contributed by atoms with E-state index < -0.39 is 73.0 Å². The van der Waals surface area contributed by atoms with Crippen LogP contribution >= 0.6 is 0 Å². The highest BCUT2D eigenvalue weighted by Gasteiger charge is 2.48. The molecule has 2 fully saturated rings. The largest absolute Gasteiger partial charge is 0.389 e. The van der Waals surface area contributed by atoms with Crippen LogP contribution < -0.4 is 34.0 Å². The quantitative estimate of drug-likeness (QED) is 0.147. The van der Waals surface area contributed by atoms with Crippen LogP contribution in [0.5, 0.6) is 0 Å². The van der Waals surface area contributed by atoms with Crippen LogP contribution in [0.3, 0.4) is 0 Å². The van der Waals surface area contributed by atoms with E-state index in [4.69, 9.17) is 38.1 Å². The average Bonchev–Trinajstić information content (AvgIpc) is 2.74. The third kappa shape index (κ3) is 6.52. The Kier molecular flexibility index (Phi) is 9.98. The van der Waals surface area contributed by atoms with Crippen LogP contribution in [-0.4, -0.2) is 107 Å². The predicted molar refractivity (Wildman–Crippen MR) is 110 cm³/mol. The van der Waals surface area contributed by atoms with Gasteiger partial charge in [0.25, 0.3) is 0 Å². The van der Waals surface area contributed by atoms with Crippen molar-refractivity contribution < 1.29 is 34.7 Å². The van der Waals surface area contributed by atoms with Crippen molar-refractivity contribution in [1.82, 2.24) is 5.32 Å². The van der Waals surface area contributed by atoms with Crippen molar-refractivity contribution in [3.63, 3.8) is 0 Å². The summed E-state index contributed by atoms with van der Waals surface area (Å²) in [5, 5.41) is 43.5. The van der Waals surface area contributed by atoms with E-state index in [1.807, 2.05) is 0 Å². The Morgan fingerprint density at radius 2 is 1.71 bits per heavy atom. The first kappa shape index (κ1) is 26.3. The number of aliphatic hydroxyl groups is 4. The standard InChI is InChI=1S/C18H38N6O7/c19-4-2-1-3-7(20)17(29)24-6-10-13(26)14(27)11(23)18(30-10)31-16-9(22)5-8(21)12(25)15(16)28/h7-16,18,25-28H,1-6,19-23H2,(H,24,29)/t7?,8-,9+,10-,11-,12+,13-,14-,15-,16?,18-/m1/s1. The average molecular weight is 451 g/mol. The molecule has 0 aromatic carbocycles. The normalized spacial score (nSPS) is 42.2. The van der Waals surface area contributed by atoms with Gasteiger partial charge in [0.1, 0.15) is 30.5 Å². The predicted octanol–water partition coefficient (Wildman–Crippen LogP) is -5.50. The molecule has 0 aromatic heterocycles. The number of amides is 1. The molecule has 15 N–H and O–H groups in total. The molecule has 1 aliphatic carbocycles. The fourth-order valence-electron chi connectivity index (χ4n) is 3.84. The Bertz CT molecular complexity index is 576. The summed E-state index contributed by atoms with van der Waals surface area (Å²) in [5.74, 6) is -0.434. The van der Waals surface area contributed by atoms with Crippen LogP contribution in [0.25, 0.3) is 0 Å². The van der Waals surface area contributed by atoms with Crippen LogP contribution in [0, 0.1) is 0 Å². The maximum Gasteiger partial charge on any atom is 0.237 e. The minimum absolute atomic E-state index is 0.152. The number of ether oxygens (including phenoxy) is 2. The summed E-state index contributed by atoms with van der Waals surface area (Å²) in [6, 6.07) is -3.33. The van der Waals surface area contributed by atoms with Gasteiger partial charge in [-0.1, -0.05) is 6.42 Å². The van der Waals surface area contributed by atoms with Gasteiger partial charge in [0, 0.05) is 18.6 Å². The van der Waals surface area contributed by atoms with E-state index in [0.29, 0.717) is 19.4 Å². The zero-order chi connectivity index (χ0) is 23.3. The van der Waals surface area contributed by atoms with Crippen LogP contribution in [0.15, 0.2) is 0 Å². The monoisotopic (exact) mass is 450 g/mol. The highest BCUT2D eigenvalue weighted by Crippen LogP contribution is 2.27. The molecule has 13 nitrogen and oxygen atoms in total. The van der Waals surface area contributed by atoms with Gasteiger partial charge in [0.15, 0.2) is 6.29 Å². The number of hydrogen-bond acceptors (Lipinski definition) is 12. The molecule has 0 radical (unpaired) electrons. The number of nitrogens with one attached hydrogen (secondary N) is 1. The van der Waals surface area contributed by atoms with Crippen molar-refractivity contribution in [2.75, 3.05) is 13.1 Å². The van der Waals surface area contributed by atoms with Crippen molar-refractivity contribution >= 4 is 5.91 Å². The van der Waals surface area contributed by atoms with Crippen molar-refractivity contribution in [1.29, 1.82) is 0 Å². The van der Waals surface area contributed by atoms with E-state index in [2.05, 4.69) is 5.32 Å². The second-order valence-corrected chi connectivity index (χ2v) is 8.38. The lowest BCUT2D eigenvalue weighted by Gasteiger charge is -2.45.